The molecular weight excluding hydrogens is 655 g/mol. The van der Waals surface area contributed by atoms with Crippen LogP contribution in [-0.4, -0.2) is 39.4 Å². The minimum absolute atomic E-state index is 0.0146. The van der Waals surface area contributed by atoms with E-state index in [1.165, 1.54) is 18.2 Å². The van der Waals surface area contributed by atoms with Gasteiger partial charge < -0.3 is 4.74 Å². The lowest BCUT2D eigenvalue weighted by atomic mass is 10.0. The van der Waals surface area contributed by atoms with E-state index in [1.54, 1.807) is 25.1 Å². The standard InChI is InChI=1S/C28H20F3N5O8S2/c1-15-3-9-21(44-14-24(37)33-46(42,43)18-7-4-16(5-8-18)36(40)41)19(11-15)26-20-12-17(6-10-22(20)45-32-26)35-25(38)13-23(28(29,30)31)34(2)27(35)39/h3-13H,14H2,1-2H3,(H,33,37). The lowest BCUT2D eigenvalue weighted by molar-refractivity contribution is -0.384. The summed E-state index contributed by atoms with van der Waals surface area (Å²) >= 11 is 1.05. The quantitative estimate of drug-likeness (QED) is 0.189. The van der Waals surface area contributed by atoms with Crippen LogP contribution in [0.2, 0.25) is 0 Å². The van der Waals surface area contributed by atoms with Crippen molar-refractivity contribution in [3.63, 3.8) is 0 Å². The number of rotatable bonds is 8. The van der Waals surface area contributed by atoms with Gasteiger partial charge in [-0.2, -0.15) is 17.5 Å². The van der Waals surface area contributed by atoms with Crippen molar-refractivity contribution in [3.05, 3.63) is 109 Å². The highest BCUT2D eigenvalue weighted by molar-refractivity contribution is 7.90. The topological polar surface area (TPSA) is 172 Å². The van der Waals surface area contributed by atoms with E-state index in [0.717, 1.165) is 48.4 Å². The lowest BCUT2D eigenvalue weighted by Crippen LogP contribution is -2.40. The van der Waals surface area contributed by atoms with Crippen LogP contribution in [0.25, 0.3) is 27.0 Å². The Morgan fingerprint density at radius 1 is 1.07 bits per heavy atom. The predicted molar refractivity (Wildman–Crippen MR) is 160 cm³/mol. The van der Waals surface area contributed by atoms with E-state index in [0.29, 0.717) is 36.5 Å². The second kappa shape index (κ2) is 11.9. The molecule has 0 aliphatic rings. The van der Waals surface area contributed by atoms with E-state index < -0.39 is 50.6 Å². The molecule has 2 heterocycles. The molecule has 0 aliphatic heterocycles. The van der Waals surface area contributed by atoms with E-state index in [-0.39, 0.29) is 22.0 Å². The summed E-state index contributed by atoms with van der Waals surface area (Å²) in [6.45, 7) is 1.01. The smallest absolute Gasteiger partial charge is 0.431 e. The van der Waals surface area contributed by atoms with Gasteiger partial charge in [0.15, 0.2) is 6.61 Å². The van der Waals surface area contributed by atoms with Crippen LogP contribution in [0, 0.1) is 17.0 Å². The molecule has 0 spiro atoms. The number of aryl methyl sites for hydroxylation is 1. The first-order chi connectivity index (χ1) is 21.6. The van der Waals surface area contributed by atoms with E-state index in [2.05, 4.69) is 4.37 Å². The molecule has 18 heteroatoms. The molecule has 5 aromatic rings. The average Bonchev–Trinajstić information content (AvgIpc) is 3.41. The first-order valence-corrected chi connectivity index (χ1v) is 15.2. The van der Waals surface area contributed by atoms with Crippen molar-refractivity contribution in [2.45, 2.75) is 18.0 Å². The van der Waals surface area contributed by atoms with Gasteiger partial charge in [-0.25, -0.2) is 22.5 Å². The fourth-order valence-corrected chi connectivity index (χ4v) is 6.22. The fraction of sp³-hybridized carbons (Fsp3) is 0.143. The Morgan fingerprint density at radius 2 is 1.76 bits per heavy atom. The summed E-state index contributed by atoms with van der Waals surface area (Å²) in [7, 11) is -3.47. The maximum atomic E-state index is 13.3. The molecule has 1 amide bonds. The number of non-ortho nitro benzene ring substituents is 1. The number of aromatic nitrogens is 3. The molecule has 0 fully saturated rings. The maximum absolute atomic E-state index is 13.3. The van der Waals surface area contributed by atoms with Gasteiger partial charge in [0.25, 0.3) is 27.2 Å². The summed E-state index contributed by atoms with van der Waals surface area (Å²) in [5.41, 5.74) is -2.73. The van der Waals surface area contributed by atoms with Gasteiger partial charge in [0, 0.05) is 36.2 Å². The largest absolute Gasteiger partial charge is 0.483 e. The Bertz CT molecular complexity index is 2260. The van der Waals surface area contributed by atoms with Crippen LogP contribution < -0.4 is 20.7 Å². The molecule has 46 heavy (non-hydrogen) atoms. The molecule has 13 nitrogen and oxygen atoms in total. The number of nitro groups is 1. The fourth-order valence-electron chi connectivity index (χ4n) is 4.48. The SMILES string of the molecule is Cc1ccc(OCC(=O)NS(=O)(=O)c2ccc([N+](=O)[O-])cc2)c(-c2nsc3ccc(-n4c(=O)cc(C(F)(F)F)n(C)c4=O)cc23)c1. The zero-order valence-electron chi connectivity index (χ0n) is 23.6. The van der Waals surface area contributed by atoms with Crippen LogP contribution in [0.3, 0.4) is 0 Å². The summed E-state index contributed by atoms with van der Waals surface area (Å²) in [5.74, 6) is -0.929. The Hall–Kier alpha value is -5.36. The minimum atomic E-state index is -4.92. The number of nitrogens with zero attached hydrogens (tertiary/aromatic N) is 4. The van der Waals surface area contributed by atoms with Gasteiger partial charge in [-0.15, -0.1) is 0 Å². The summed E-state index contributed by atoms with van der Waals surface area (Å²) in [4.78, 5) is 47.8. The second-order valence-corrected chi connectivity index (χ2v) is 12.3. The van der Waals surface area contributed by atoms with E-state index in [4.69, 9.17) is 4.74 Å². The highest BCUT2D eigenvalue weighted by Gasteiger charge is 2.35. The van der Waals surface area contributed by atoms with Crippen LogP contribution in [0.15, 0.2) is 81.2 Å². The zero-order chi connectivity index (χ0) is 33.6. The van der Waals surface area contributed by atoms with Crippen molar-refractivity contribution in [3.8, 4) is 22.7 Å². The number of hydrogen-bond acceptors (Lipinski definition) is 10. The summed E-state index contributed by atoms with van der Waals surface area (Å²) in [6.07, 6.45) is -4.92. The van der Waals surface area contributed by atoms with Crippen LogP contribution in [0.5, 0.6) is 5.75 Å². The van der Waals surface area contributed by atoms with Crippen molar-refractivity contribution in [2.75, 3.05) is 6.61 Å². The van der Waals surface area contributed by atoms with Crippen LogP contribution in [0.4, 0.5) is 18.9 Å². The van der Waals surface area contributed by atoms with Crippen LogP contribution in [0.1, 0.15) is 11.3 Å². The summed E-state index contributed by atoms with van der Waals surface area (Å²) < 4.78 is 78.6. The second-order valence-electron chi connectivity index (χ2n) is 9.82. The highest BCUT2D eigenvalue weighted by Crippen LogP contribution is 2.38. The maximum Gasteiger partial charge on any atom is 0.431 e. The molecule has 0 saturated carbocycles. The number of benzene rings is 3. The third kappa shape index (κ3) is 6.24. The average molecular weight is 676 g/mol. The van der Waals surface area contributed by atoms with E-state index in [9.17, 15) is 46.1 Å². The third-order valence-electron chi connectivity index (χ3n) is 6.68. The molecule has 0 atom stereocenters. The van der Waals surface area contributed by atoms with Crippen molar-refractivity contribution in [1.82, 2.24) is 18.2 Å². The Balaban J connectivity index is 1.45. The molecule has 5 rings (SSSR count). The van der Waals surface area contributed by atoms with Crippen molar-refractivity contribution in [1.29, 1.82) is 0 Å². The number of carbonyl (C=O) groups excluding carboxylic acids is 1. The number of ether oxygens (including phenoxy) is 1. The van der Waals surface area contributed by atoms with Gasteiger partial charge in [0.2, 0.25) is 0 Å². The number of carbonyl (C=O) groups is 1. The number of alkyl halides is 3. The number of fused-ring (bicyclic) bond motifs is 1. The van der Waals surface area contributed by atoms with Crippen molar-refractivity contribution in [2.24, 2.45) is 7.05 Å². The number of halogens is 3. The van der Waals surface area contributed by atoms with E-state index in [1.807, 2.05) is 4.72 Å². The van der Waals surface area contributed by atoms with Gasteiger partial charge in [-0.1, -0.05) is 11.6 Å². The van der Waals surface area contributed by atoms with Gasteiger partial charge in [0.1, 0.15) is 11.4 Å². The normalized spacial score (nSPS) is 11.8. The Kier molecular flexibility index (Phi) is 8.26. The van der Waals surface area contributed by atoms with Crippen LogP contribution in [-0.2, 0) is 28.0 Å². The summed E-state index contributed by atoms with van der Waals surface area (Å²) in [5, 5.41) is 11.2. The number of amides is 1. The van der Waals surface area contributed by atoms with Crippen molar-refractivity contribution >= 4 is 43.2 Å². The summed E-state index contributed by atoms with van der Waals surface area (Å²) in [6, 6.07) is 13.4. The van der Waals surface area contributed by atoms with Gasteiger partial charge >= 0.3 is 11.9 Å². The molecule has 1 N–H and O–H groups in total. The molecule has 0 radical (unpaired) electrons. The van der Waals surface area contributed by atoms with Crippen molar-refractivity contribution < 1.29 is 36.0 Å². The first kappa shape index (κ1) is 32.0. The Morgan fingerprint density at radius 3 is 2.41 bits per heavy atom. The first-order valence-electron chi connectivity index (χ1n) is 12.9. The van der Waals surface area contributed by atoms with Gasteiger partial charge in [0.05, 0.1) is 25.9 Å². The molecule has 0 unspecified atom stereocenters. The van der Waals surface area contributed by atoms with Gasteiger partial charge in [-0.3, -0.25) is 24.3 Å². The molecule has 0 saturated heterocycles. The monoisotopic (exact) mass is 675 g/mol. The third-order valence-corrected chi connectivity index (χ3v) is 8.89. The highest BCUT2D eigenvalue weighted by atomic mass is 32.2. The van der Waals surface area contributed by atoms with E-state index >= 15 is 0 Å². The molecule has 2 aromatic heterocycles. The molecular formula is C28H20F3N5O8S2. The molecule has 0 bridgehead atoms. The Labute approximate surface area is 260 Å². The molecule has 0 aliphatic carbocycles. The van der Waals surface area contributed by atoms with Gasteiger partial charge in [-0.05, 0) is 60.9 Å². The number of sulfonamides is 1. The number of nitrogens with one attached hydrogen (secondary N) is 1. The zero-order valence-corrected chi connectivity index (χ0v) is 25.2. The minimum Gasteiger partial charge on any atom is -0.483 e. The number of nitro benzene ring substituents is 1. The van der Waals surface area contributed by atoms with Crippen LogP contribution >= 0.6 is 11.5 Å². The predicted octanol–water partition coefficient (Wildman–Crippen LogP) is 3.93. The molecule has 3 aromatic carbocycles. The number of hydrogen-bond donors (Lipinski definition) is 1. The molecule has 238 valence electrons. The lowest BCUT2D eigenvalue weighted by Gasteiger charge is -2.14.